The number of aryl methyl sites for hydroxylation is 2. The monoisotopic (exact) mass is 257 g/mol. The van der Waals surface area contributed by atoms with E-state index in [0.29, 0.717) is 5.69 Å². The fourth-order valence-corrected chi connectivity index (χ4v) is 2.10. The molecule has 1 unspecified atom stereocenters. The Labute approximate surface area is 114 Å². The molecule has 0 saturated carbocycles. The van der Waals surface area contributed by atoms with Crippen molar-refractivity contribution < 1.29 is 4.39 Å². The van der Waals surface area contributed by atoms with Gasteiger partial charge in [0.1, 0.15) is 5.82 Å². The molecule has 0 heterocycles. The second-order valence-corrected chi connectivity index (χ2v) is 5.05. The average molecular weight is 257 g/mol. The van der Waals surface area contributed by atoms with Gasteiger partial charge in [0.25, 0.3) is 0 Å². The normalized spacial score (nSPS) is 12.2. The van der Waals surface area contributed by atoms with E-state index in [4.69, 9.17) is 0 Å². The third-order valence-corrected chi connectivity index (χ3v) is 3.24. The van der Waals surface area contributed by atoms with E-state index in [0.717, 1.165) is 18.4 Å². The van der Waals surface area contributed by atoms with Crippen LogP contribution in [0.1, 0.15) is 24.5 Å². The van der Waals surface area contributed by atoms with Crippen LogP contribution in [0.15, 0.2) is 48.5 Å². The van der Waals surface area contributed by atoms with Gasteiger partial charge in [-0.2, -0.15) is 0 Å². The predicted octanol–water partition coefficient (Wildman–Crippen LogP) is 4.57. The lowest BCUT2D eigenvalue weighted by Gasteiger charge is -2.16. The van der Waals surface area contributed by atoms with Crippen molar-refractivity contribution >= 4 is 5.69 Å². The highest BCUT2D eigenvalue weighted by Gasteiger charge is 2.06. The Morgan fingerprint density at radius 1 is 1.11 bits per heavy atom. The van der Waals surface area contributed by atoms with Crippen LogP contribution in [-0.2, 0) is 6.42 Å². The van der Waals surface area contributed by atoms with Crippen LogP contribution in [-0.4, -0.2) is 6.04 Å². The van der Waals surface area contributed by atoms with Crippen LogP contribution in [0, 0.1) is 12.7 Å². The molecule has 2 aromatic rings. The van der Waals surface area contributed by atoms with E-state index < -0.39 is 0 Å². The molecule has 19 heavy (non-hydrogen) atoms. The van der Waals surface area contributed by atoms with Gasteiger partial charge in [-0.15, -0.1) is 0 Å². The average Bonchev–Trinajstić information content (AvgIpc) is 2.41. The summed E-state index contributed by atoms with van der Waals surface area (Å²) in [7, 11) is 0. The molecule has 0 spiro atoms. The van der Waals surface area contributed by atoms with Crippen molar-refractivity contribution in [3.05, 3.63) is 65.5 Å². The van der Waals surface area contributed by atoms with Crippen LogP contribution >= 0.6 is 0 Å². The molecule has 1 N–H and O–H groups in total. The molecule has 2 aromatic carbocycles. The molecular weight excluding hydrogens is 237 g/mol. The number of benzene rings is 2. The van der Waals surface area contributed by atoms with Gasteiger partial charge in [-0.05, 0) is 49.9 Å². The summed E-state index contributed by atoms with van der Waals surface area (Å²) >= 11 is 0. The molecule has 0 bridgehead atoms. The quantitative estimate of drug-likeness (QED) is 0.827. The Bertz CT molecular complexity index is 522. The van der Waals surface area contributed by atoms with Crippen LogP contribution in [0.5, 0.6) is 0 Å². The van der Waals surface area contributed by atoms with Crippen molar-refractivity contribution in [2.45, 2.75) is 32.7 Å². The molecule has 0 amide bonds. The van der Waals surface area contributed by atoms with E-state index in [-0.39, 0.29) is 11.9 Å². The highest BCUT2D eigenvalue weighted by Crippen LogP contribution is 2.17. The highest BCUT2D eigenvalue weighted by molar-refractivity contribution is 5.46. The number of nitrogens with one attached hydrogen (secondary N) is 1. The van der Waals surface area contributed by atoms with Crippen molar-refractivity contribution in [1.82, 2.24) is 0 Å². The first-order valence-electron chi connectivity index (χ1n) is 6.72. The smallest absolute Gasteiger partial charge is 0.146 e. The Morgan fingerprint density at radius 2 is 1.84 bits per heavy atom. The minimum atomic E-state index is -0.174. The van der Waals surface area contributed by atoms with E-state index >= 15 is 0 Å². The van der Waals surface area contributed by atoms with Crippen LogP contribution in [0.2, 0.25) is 0 Å². The summed E-state index contributed by atoms with van der Waals surface area (Å²) in [6.07, 6.45) is 1.99. The minimum Gasteiger partial charge on any atom is -0.380 e. The van der Waals surface area contributed by atoms with Gasteiger partial charge >= 0.3 is 0 Å². The first-order chi connectivity index (χ1) is 9.15. The molecule has 0 aliphatic heterocycles. The highest BCUT2D eigenvalue weighted by atomic mass is 19.1. The SMILES string of the molecule is Cc1ccc(NC(C)CCc2ccccc2)c(F)c1. The number of hydrogen-bond donors (Lipinski definition) is 1. The van der Waals surface area contributed by atoms with Crippen molar-refractivity contribution in [2.75, 3.05) is 5.32 Å². The fraction of sp³-hybridized carbons (Fsp3) is 0.294. The van der Waals surface area contributed by atoms with Gasteiger partial charge in [-0.25, -0.2) is 4.39 Å². The first-order valence-corrected chi connectivity index (χ1v) is 6.72. The van der Waals surface area contributed by atoms with Gasteiger partial charge in [0.15, 0.2) is 0 Å². The maximum atomic E-state index is 13.7. The van der Waals surface area contributed by atoms with E-state index in [2.05, 4.69) is 24.4 Å². The molecule has 0 aliphatic carbocycles. The van der Waals surface area contributed by atoms with Crippen molar-refractivity contribution in [1.29, 1.82) is 0 Å². The molecule has 0 fully saturated rings. The summed E-state index contributed by atoms with van der Waals surface area (Å²) in [5.74, 6) is -0.174. The topological polar surface area (TPSA) is 12.0 Å². The second-order valence-electron chi connectivity index (χ2n) is 5.05. The summed E-state index contributed by atoms with van der Waals surface area (Å²) in [4.78, 5) is 0. The minimum absolute atomic E-state index is 0.174. The fourth-order valence-electron chi connectivity index (χ4n) is 2.10. The molecule has 1 atom stereocenters. The number of hydrogen-bond acceptors (Lipinski definition) is 1. The van der Waals surface area contributed by atoms with E-state index in [1.165, 1.54) is 5.56 Å². The molecule has 0 radical (unpaired) electrons. The molecule has 2 rings (SSSR count). The third-order valence-electron chi connectivity index (χ3n) is 3.24. The predicted molar refractivity (Wildman–Crippen MR) is 79.0 cm³/mol. The summed E-state index contributed by atoms with van der Waals surface area (Å²) in [5, 5.41) is 3.23. The third kappa shape index (κ3) is 4.09. The molecule has 0 aromatic heterocycles. The van der Waals surface area contributed by atoms with Crippen molar-refractivity contribution in [3.63, 3.8) is 0 Å². The standard InChI is InChI=1S/C17H20FN/c1-13-8-11-17(16(18)12-13)19-14(2)9-10-15-6-4-3-5-7-15/h3-8,11-12,14,19H,9-10H2,1-2H3. The van der Waals surface area contributed by atoms with Crippen LogP contribution in [0.3, 0.4) is 0 Å². The van der Waals surface area contributed by atoms with Gasteiger partial charge in [-0.1, -0.05) is 36.4 Å². The maximum absolute atomic E-state index is 13.7. The number of rotatable bonds is 5. The molecule has 1 nitrogen and oxygen atoms in total. The summed E-state index contributed by atoms with van der Waals surface area (Å²) < 4.78 is 13.7. The summed E-state index contributed by atoms with van der Waals surface area (Å²) in [5.41, 5.74) is 2.85. The summed E-state index contributed by atoms with van der Waals surface area (Å²) in [6, 6.07) is 15.9. The van der Waals surface area contributed by atoms with Crippen LogP contribution in [0.25, 0.3) is 0 Å². The molecule has 100 valence electrons. The van der Waals surface area contributed by atoms with Gasteiger partial charge < -0.3 is 5.32 Å². The van der Waals surface area contributed by atoms with E-state index in [9.17, 15) is 4.39 Å². The van der Waals surface area contributed by atoms with Crippen molar-refractivity contribution in [3.8, 4) is 0 Å². The van der Waals surface area contributed by atoms with Gasteiger partial charge in [0.05, 0.1) is 5.69 Å². The number of halogens is 1. The van der Waals surface area contributed by atoms with Crippen LogP contribution < -0.4 is 5.32 Å². The van der Waals surface area contributed by atoms with E-state index in [1.807, 2.05) is 37.3 Å². The van der Waals surface area contributed by atoms with E-state index in [1.54, 1.807) is 6.07 Å². The zero-order valence-corrected chi connectivity index (χ0v) is 11.5. The Morgan fingerprint density at radius 3 is 2.53 bits per heavy atom. The van der Waals surface area contributed by atoms with Crippen LogP contribution in [0.4, 0.5) is 10.1 Å². The largest absolute Gasteiger partial charge is 0.380 e. The van der Waals surface area contributed by atoms with Gasteiger partial charge in [-0.3, -0.25) is 0 Å². The van der Waals surface area contributed by atoms with Gasteiger partial charge in [0, 0.05) is 6.04 Å². The Hall–Kier alpha value is -1.83. The molecule has 0 saturated heterocycles. The summed E-state index contributed by atoms with van der Waals surface area (Å²) in [6.45, 7) is 3.98. The Balaban J connectivity index is 1.89. The lowest BCUT2D eigenvalue weighted by atomic mass is 10.1. The molecule has 2 heteroatoms. The number of anilines is 1. The maximum Gasteiger partial charge on any atom is 0.146 e. The lowest BCUT2D eigenvalue weighted by molar-refractivity contribution is 0.621. The van der Waals surface area contributed by atoms with Crippen molar-refractivity contribution in [2.24, 2.45) is 0 Å². The van der Waals surface area contributed by atoms with Gasteiger partial charge in [0.2, 0.25) is 0 Å². The molecular formula is C17H20FN. The molecule has 0 aliphatic rings. The first kappa shape index (κ1) is 13.6. The zero-order valence-electron chi connectivity index (χ0n) is 11.5. The lowest BCUT2D eigenvalue weighted by Crippen LogP contribution is -2.16. The zero-order chi connectivity index (χ0) is 13.7. The second kappa shape index (κ2) is 6.37. The Kier molecular flexibility index (Phi) is 4.56.